The Hall–Kier alpha value is -1.85. The third-order valence-electron chi connectivity index (χ3n) is 4.75. The number of carbonyl (C=O) groups is 2. The van der Waals surface area contributed by atoms with E-state index in [4.69, 9.17) is 4.74 Å². The summed E-state index contributed by atoms with van der Waals surface area (Å²) < 4.78 is 7.05. The highest BCUT2D eigenvalue weighted by Crippen LogP contribution is 2.23. The Labute approximate surface area is 143 Å². The molecule has 1 saturated carbocycles. The van der Waals surface area contributed by atoms with E-state index in [-0.39, 0.29) is 24.3 Å². The molecule has 0 aliphatic heterocycles. The number of aromatic nitrogens is 2. The maximum atomic E-state index is 12.2. The molecule has 134 valence electrons. The van der Waals surface area contributed by atoms with Gasteiger partial charge in [0.2, 0.25) is 0 Å². The van der Waals surface area contributed by atoms with Crippen molar-refractivity contribution in [1.82, 2.24) is 15.1 Å². The van der Waals surface area contributed by atoms with Crippen LogP contribution in [0, 0.1) is 19.8 Å². The van der Waals surface area contributed by atoms with Crippen LogP contribution in [-0.2, 0) is 20.9 Å². The summed E-state index contributed by atoms with van der Waals surface area (Å²) in [4.78, 5) is 24.2. The molecule has 1 amide bonds. The molecule has 1 fully saturated rings. The maximum absolute atomic E-state index is 12.2. The summed E-state index contributed by atoms with van der Waals surface area (Å²) in [6, 6.07) is 2.16. The number of amides is 1. The average molecular weight is 335 g/mol. The monoisotopic (exact) mass is 335 g/mol. The highest BCUT2D eigenvalue weighted by molar-refractivity contribution is 5.83. The molecular weight excluding hydrogens is 306 g/mol. The van der Waals surface area contributed by atoms with Gasteiger partial charge in [0.25, 0.3) is 5.91 Å². The molecular formula is C18H29N3O3. The fourth-order valence-corrected chi connectivity index (χ4v) is 3.24. The van der Waals surface area contributed by atoms with E-state index in [1.165, 1.54) is 6.42 Å². The van der Waals surface area contributed by atoms with Gasteiger partial charge in [0, 0.05) is 11.7 Å². The Morgan fingerprint density at radius 1 is 1.38 bits per heavy atom. The largest absolute Gasteiger partial charge is 0.452 e. The first-order chi connectivity index (χ1) is 11.4. The number of carbonyl (C=O) groups excluding carboxylic acids is 2. The minimum atomic E-state index is -0.757. The van der Waals surface area contributed by atoms with E-state index in [0.29, 0.717) is 12.5 Å². The minimum absolute atomic E-state index is 0.196. The Morgan fingerprint density at radius 2 is 2.08 bits per heavy atom. The topological polar surface area (TPSA) is 73.2 Å². The molecule has 1 aliphatic rings. The summed E-state index contributed by atoms with van der Waals surface area (Å²) in [5.74, 6) is -0.0910. The summed E-state index contributed by atoms with van der Waals surface area (Å²) in [6.45, 7) is 8.12. The van der Waals surface area contributed by atoms with Gasteiger partial charge < -0.3 is 10.1 Å². The van der Waals surface area contributed by atoms with Crippen LogP contribution < -0.4 is 5.32 Å². The van der Waals surface area contributed by atoms with Gasteiger partial charge >= 0.3 is 5.97 Å². The van der Waals surface area contributed by atoms with Crippen LogP contribution >= 0.6 is 0 Å². The number of hydrogen-bond acceptors (Lipinski definition) is 4. The smallest absolute Gasteiger partial charge is 0.308 e. The van der Waals surface area contributed by atoms with Crippen molar-refractivity contribution in [3.05, 3.63) is 17.5 Å². The molecule has 0 spiro atoms. The molecule has 3 unspecified atom stereocenters. The molecule has 24 heavy (non-hydrogen) atoms. The second-order valence-corrected chi connectivity index (χ2v) is 6.91. The molecule has 1 aromatic rings. The first-order valence-corrected chi connectivity index (χ1v) is 8.87. The van der Waals surface area contributed by atoms with Gasteiger partial charge in [-0.1, -0.05) is 19.8 Å². The van der Waals surface area contributed by atoms with Gasteiger partial charge in [0.15, 0.2) is 6.10 Å². The van der Waals surface area contributed by atoms with Crippen LogP contribution in [0.25, 0.3) is 0 Å². The van der Waals surface area contributed by atoms with Crippen molar-refractivity contribution < 1.29 is 14.3 Å². The van der Waals surface area contributed by atoms with E-state index in [2.05, 4.69) is 17.3 Å². The van der Waals surface area contributed by atoms with Crippen LogP contribution in [-0.4, -0.2) is 33.8 Å². The fraction of sp³-hybridized carbons (Fsp3) is 0.722. The molecule has 0 saturated heterocycles. The lowest BCUT2D eigenvalue weighted by Gasteiger charge is -2.30. The summed E-state index contributed by atoms with van der Waals surface area (Å²) in [5.41, 5.74) is 1.94. The summed E-state index contributed by atoms with van der Waals surface area (Å²) in [7, 11) is 0. The highest BCUT2D eigenvalue weighted by Gasteiger charge is 2.26. The number of rotatable bonds is 6. The molecule has 3 atom stereocenters. The molecule has 2 rings (SSSR count). The molecule has 1 aliphatic carbocycles. The van der Waals surface area contributed by atoms with E-state index >= 15 is 0 Å². The van der Waals surface area contributed by atoms with E-state index in [0.717, 1.165) is 30.7 Å². The van der Waals surface area contributed by atoms with Crippen molar-refractivity contribution in [2.24, 2.45) is 5.92 Å². The van der Waals surface area contributed by atoms with E-state index in [1.807, 2.05) is 19.9 Å². The van der Waals surface area contributed by atoms with Crippen molar-refractivity contribution >= 4 is 11.9 Å². The van der Waals surface area contributed by atoms with Crippen molar-refractivity contribution in [1.29, 1.82) is 0 Å². The molecule has 6 nitrogen and oxygen atoms in total. The number of nitrogens with one attached hydrogen (secondary N) is 1. The summed E-state index contributed by atoms with van der Waals surface area (Å²) >= 11 is 0. The maximum Gasteiger partial charge on any atom is 0.308 e. The number of esters is 1. The molecule has 6 heteroatoms. The Morgan fingerprint density at radius 3 is 2.71 bits per heavy atom. The van der Waals surface area contributed by atoms with Gasteiger partial charge in [-0.2, -0.15) is 5.10 Å². The molecule has 0 aromatic carbocycles. The Balaban J connectivity index is 1.76. The summed E-state index contributed by atoms with van der Waals surface area (Å²) in [6.07, 6.45) is 3.97. The van der Waals surface area contributed by atoms with Gasteiger partial charge in [-0.3, -0.25) is 14.3 Å². The SMILES string of the molecule is Cc1cc(C)n(CCC(=O)OC(C)C(=O)NC2CCCCC2C)n1. The zero-order valence-electron chi connectivity index (χ0n) is 15.2. The van der Waals surface area contributed by atoms with Gasteiger partial charge in [-0.05, 0) is 45.6 Å². The second-order valence-electron chi connectivity index (χ2n) is 6.91. The Kier molecular flexibility index (Phi) is 6.40. The van der Waals surface area contributed by atoms with Crippen LogP contribution in [0.2, 0.25) is 0 Å². The van der Waals surface area contributed by atoms with Crippen molar-refractivity contribution in [3.63, 3.8) is 0 Å². The highest BCUT2D eigenvalue weighted by atomic mass is 16.5. The van der Waals surface area contributed by atoms with Gasteiger partial charge in [0.05, 0.1) is 18.7 Å². The van der Waals surface area contributed by atoms with Crippen LogP contribution in [0.3, 0.4) is 0 Å². The van der Waals surface area contributed by atoms with Gasteiger partial charge in [-0.15, -0.1) is 0 Å². The molecule has 0 radical (unpaired) electrons. The molecule has 1 aromatic heterocycles. The van der Waals surface area contributed by atoms with Crippen LogP contribution in [0.5, 0.6) is 0 Å². The normalized spacial score (nSPS) is 22.0. The predicted octanol–water partition coefficient (Wildman–Crippen LogP) is 2.52. The third kappa shape index (κ3) is 5.08. The lowest BCUT2D eigenvalue weighted by molar-refractivity contribution is -0.155. The first kappa shape index (κ1) is 18.5. The average Bonchev–Trinajstić information content (AvgIpc) is 2.85. The number of ether oxygens (including phenoxy) is 1. The zero-order chi connectivity index (χ0) is 17.7. The van der Waals surface area contributed by atoms with Crippen LogP contribution in [0.1, 0.15) is 57.3 Å². The number of nitrogens with zero attached hydrogens (tertiary/aromatic N) is 2. The van der Waals surface area contributed by atoms with Crippen LogP contribution in [0.4, 0.5) is 0 Å². The van der Waals surface area contributed by atoms with E-state index in [1.54, 1.807) is 11.6 Å². The van der Waals surface area contributed by atoms with E-state index < -0.39 is 6.10 Å². The first-order valence-electron chi connectivity index (χ1n) is 8.87. The Bertz CT molecular complexity index is 582. The lowest BCUT2D eigenvalue weighted by Crippen LogP contribution is -2.46. The van der Waals surface area contributed by atoms with Crippen molar-refractivity contribution in [2.75, 3.05) is 0 Å². The summed E-state index contributed by atoms with van der Waals surface area (Å²) in [5, 5.41) is 7.34. The molecule has 1 N–H and O–H groups in total. The van der Waals surface area contributed by atoms with Gasteiger partial charge in [-0.25, -0.2) is 0 Å². The standard InChI is InChI=1S/C18H29N3O3/c1-12-7-5-6-8-16(12)19-18(23)15(4)24-17(22)9-10-21-14(3)11-13(2)20-21/h11-12,15-16H,5-10H2,1-4H3,(H,19,23). The van der Waals surface area contributed by atoms with Gasteiger partial charge in [0.1, 0.15) is 0 Å². The van der Waals surface area contributed by atoms with Crippen molar-refractivity contribution in [2.45, 2.75) is 78.5 Å². The fourth-order valence-electron chi connectivity index (χ4n) is 3.24. The second kappa shape index (κ2) is 8.31. The number of hydrogen-bond donors (Lipinski definition) is 1. The quantitative estimate of drug-likeness (QED) is 0.811. The lowest BCUT2D eigenvalue weighted by atomic mass is 9.86. The minimum Gasteiger partial charge on any atom is -0.452 e. The molecule has 1 heterocycles. The van der Waals surface area contributed by atoms with E-state index in [9.17, 15) is 9.59 Å². The predicted molar refractivity (Wildman–Crippen MR) is 91.4 cm³/mol. The number of aryl methyl sites for hydroxylation is 3. The zero-order valence-corrected chi connectivity index (χ0v) is 15.2. The third-order valence-corrected chi connectivity index (χ3v) is 4.75. The van der Waals surface area contributed by atoms with Crippen LogP contribution in [0.15, 0.2) is 6.07 Å². The van der Waals surface area contributed by atoms with Crippen molar-refractivity contribution in [3.8, 4) is 0 Å². The molecule has 0 bridgehead atoms.